The first kappa shape index (κ1) is 18.5. The second-order valence-electron chi connectivity index (χ2n) is 6.04. The molecule has 0 spiro atoms. The van der Waals surface area contributed by atoms with Crippen LogP contribution in [0, 0.1) is 24.5 Å². The second kappa shape index (κ2) is 7.12. The monoisotopic (exact) mass is 385 g/mol. The summed E-state index contributed by atoms with van der Waals surface area (Å²) in [6, 6.07) is 4.47. The van der Waals surface area contributed by atoms with Crippen molar-refractivity contribution in [1.82, 2.24) is 9.46 Å². The zero-order valence-electron chi connectivity index (χ0n) is 13.9. The lowest BCUT2D eigenvalue weighted by atomic mass is 9.97. The number of sulfonamides is 1. The van der Waals surface area contributed by atoms with E-state index in [0.717, 1.165) is 22.5 Å². The zero-order chi connectivity index (χ0) is 18.9. The molecular weight excluding hydrogens is 368 g/mol. The van der Waals surface area contributed by atoms with Crippen LogP contribution in [-0.4, -0.2) is 36.9 Å². The molecule has 1 aliphatic heterocycles. The van der Waals surface area contributed by atoms with E-state index in [2.05, 4.69) is 10.5 Å². The van der Waals surface area contributed by atoms with Crippen LogP contribution in [0.1, 0.15) is 18.6 Å². The molecule has 7 nitrogen and oxygen atoms in total. The van der Waals surface area contributed by atoms with Gasteiger partial charge in [0.1, 0.15) is 17.4 Å². The van der Waals surface area contributed by atoms with Gasteiger partial charge in [0.25, 0.3) is 0 Å². The summed E-state index contributed by atoms with van der Waals surface area (Å²) in [7, 11) is -4.30. The molecule has 0 saturated carbocycles. The molecule has 1 fully saturated rings. The molecule has 0 bridgehead atoms. The predicted octanol–water partition coefficient (Wildman–Crippen LogP) is 2.30. The van der Waals surface area contributed by atoms with Crippen molar-refractivity contribution in [2.45, 2.75) is 24.7 Å². The molecule has 0 unspecified atom stereocenters. The first-order valence-corrected chi connectivity index (χ1v) is 9.41. The number of hydrogen-bond donors (Lipinski definition) is 1. The Morgan fingerprint density at radius 2 is 1.88 bits per heavy atom. The minimum absolute atomic E-state index is 0.00790. The Kier molecular flexibility index (Phi) is 5.05. The van der Waals surface area contributed by atoms with E-state index in [1.807, 2.05) is 0 Å². The number of carbonyl (C=O) groups is 1. The van der Waals surface area contributed by atoms with Crippen molar-refractivity contribution in [3.8, 4) is 0 Å². The van der Waals surface area contributed by atoms with Gasteiger partial charge in [-0.15, -0.1) is 0 Å². The van der Waals surface area contributed by atoms with Gasteiger partial charge in [-0.05, 0) is 31.9 Å². The van der Waals surface area contributed by atoms with Crippen molar-refractivity contribution in [2.24, 2.45) is 5.92 Å². The molecule has 0 radical (unpaired) electrons. The number of nitrogens with zero attached hydrogens (tertiary/aromatic N) is 2. The Hall–Kier alpha value is -2.33. The minimum Gasteiger partial charge on any atom is -0.360 e. The van der Waals surface area contributed by atoms with Crippen molar-refractivity contribution < 1.29 is 26.5 Å². The third-order valence-electron chi connectivity index (χ3n) is 4.22. The number of amides is 1. The average Bonchev–Trinajstić information content (AvgIpc) is 2.99. The van der Waals surface area contributed by atoms with E-state index in [4.69, 9.17) is 4.52 Å². The SMILES string of the molecule is Cc1cc(NC(=O)C2CCN(S(=O)(=O)c3c(F)cccc3F)CC2)no1. The first-order valence-electron chi connectivity index (χ1n) is 7.97. The van der Waals surface area contributed by atoms with E-state index in [1.165, 1.54) is 0 Å². The lowest BCUT2D eigenvalue weighted by Crippen LogP contribution is -2.42. The molecule has 1 saturated heterocycles. The van der Waals surface area contributed by atoms with Gasteiger partial charge >= 0.3 is 0 Å². The number of nitrogens with one attached hydrogen (secondary N) is 1. The number of benzene rings is 1. The molecule has 0 aliphatic carbocycles. The number of carbonyl (C=O) groups excluding carboxylic acids is 1. The summed E-state index contributed by atoms with van der Waals surface area (Å²) in [5.74, 6) is -2.15. The van der Waals surface area contributed by atoms with E-state index < -0.39 is 32.5 Å². The van der Waals surface area contributed by atoms with E-state index >= 15 is 0 Å². The third-order valence-corrected chi connectivity index (χ3v) is 6.17. The van der Waals surface area contributed by atoms with Crippen LogP contribution < -0.4 is 5.32 Å². The van der Waals surface area contributed by atoms with Crippen molar-refractivity contribution in [3.05, 3.63) is 41.7 Å². The van der Waals surface area contributed by atoms with Crippen LogP contribution in [0.3, 0.4) is 0 Å². The molecule has 1 amide bonds. The summed E-state index contributed by atoms with van der Waals surface area (Å²) in [5.41, 5.74) is 0. The maximum Gasteiger partial charge on any atom is 0.248 e. The molecule has 2 heterocycles. The van der Waals surface area contributed by atoms with Crippen LogP contribution in [0.5, 0.6) is 0 Å². The van der Waals surface area contributed by atoms with Gasteiger partial charge < -0.3 is 9.84 Å². The van der Waals surface area contributed by atoms with Crippen LogP contribution in [0.25, 0.3) is 0 Å². The fraction of sp³-hybridized carbons (Fsp3) is 0.375. The Balaban J connectivity index is 1.67. The molecule has 1 N–H and O–H groups in total. The maximum absolute atomic E-state index is 13.8. The van der Waals surface area contributed by atoms with E-state index in [9.17, 15) is 22.0 Å². The number of halogens is 2. The number of aryl methyl sites for hydroxylation is 1. The maximum atomic E-state index is 13.8. The number of rotatable bonds is 4. The Labute approximate surface area is 149 Å². The number of piperidine rings is 1. The molecule has 1 aromatic heterocycles. The number of aromatic nitrogens is 1. The Morgan fingerprint density at radius 1 is 1.27 bits per heavy atom. The fourth-order valence-electron chi connectivity index (χ4n) is 2.87. The van der Waals surface area contributed by atoms with E-state index in [-0.39, 0.29) is 37.7 Å². The largest absolute Gasteiger partial charge is 0.360 e. The lowest BCUT2D eigenvalue weighted by molar-refractivity contribution is -0.120. The highest BCUT2D eigenvalue weighted by Crippen LogP contribution is 2.27. The standard InChI is InChI=1S/C16H17F2N3O4S/c1-10-9-14(20-25-10)19-16(22)11-5-7-21(8-6-11)26(23,24)15-12(17)3-2-4-13(15)18/h2-4,9,11H,5-8H2,1H3,(H,19,20,22). The van der Waals surface area contributed by atoms with E-state index in [0.29, 0.717) is 5.76 Å². The summed E-state index contributed by atoms with van der Waals surface area (Å²) in [6.45, 7) is 1.67. The van der Waals surface area contributed by atoms with Crippen LogP contribution in [0.4, 0.5) is 14.6 Å². The molecule has 10 heteroatoms. The van der Waals surface area contributed by atoms with Gasteiger partial charge in [-0.3, -0.25) is 4.79 Å². The van der Waals surface area contributed by atoms with Crippen molar-refractivity contribution in [2.75, 3.05) is 18.4 Å². The minimum atomic E-state index is -4.30. The quantitative estimate of drug-likeness (QED) is 0.872. The normalized spacial score (nSPS) is 16.6. The molecule has 26 heavy (non-hydrogen) atoms. The third kappa shape index (κ3) is 3.61. The molecule has 140 valence electrons. The summed E-state index contributed by atoms with van der Waals surface area (Å²) in [4.78, 5) is 11.3. The van der Waals surface area contributed by atoms with Gasteiger partial charge in [-0.1, -0.05) is 11.2 Å². The number of hydrogen-bond acceptors (Lipinski definition) is 5. The molecule has 1 aliphatic rings. The van der Waals surface area contributed by atoms with Gasteiger partial charge in [0.05, 0.1) is 0 Å². The first-order chi connectivity index (χ1) is 12.3. The average molecular weight is 385 g/mol. The molecular formula is C16H17F2N3O4S. The van der Waals surface area contributed by atoms with Gasteiger partial charge in [-0.25, -0.2) is 17.2 Å². The summed E-state index contributed by atoms with van der Waals surface area (Å²) in [6.07, 6.45) is 0.468. The van der Waals surface area contributed by atoms with Gasteiger partial charge in [-0.2, -0.15) is 4.31 Å². The van der Waals surface area contributed by atoms with Crippen molar-refractivity contribution in [3.63, 3.8) is 0 Å². The van der Waals surface area contributed by atoms with Crippen LogP contribution >= 0.6 is 0 Å². The van der Waals surface area contributed by atoms with Gasteiger partial charge in [0.2, 0.25) is 15.9 Å². The molecule has 3 rings (SSSR count). The Bertz CT molecular complexity index is 901. The van der Waals surface area contributed by atoms with Crippen LogP contribution in [-0.2, 0) is 14.8 Å². The smallest absolute Gasteiger partial charge is 0.248 e. The lowest BCUT2D eigenvalue weighted by Gasteiger charge is -2.30. The fourth-order valence-corrected chi connectivity index (χ4v) is 4.45. The topological polar surface area (TPSA) is 92.5 Å². The highest BCUT2D eigenvalue weighted by atomic mass is 32.2. The van der Waals surface area contributed by atoms with Crippen molar-refractivity contribution in [1.29, 1.82) is 0 Å². The highest BCUT2D eigenvalue weighted by Gasteiger charge is 2.35. The molecule has 2 aromatic rings. The Morgan fingerprint density at radius 3 is 2.42 bits per heavy atom. The predicted molar refractivity (Wildman–Crippen MR) is 87.7 cm³/mol. The van der Waals surface area contributed by atoms with Crippen molar-refractivity contribution >= 4 is 21.7 Å². The van der Waals surface area contributed by atoms with Crippen LogP contribution in [0.2, 0.25) is 0 Å². The second-order valence-corrected chi connectivity index (χ2v) is 7.92. The number of anilines is 1. The summed E-state index contributed by atoms with van der Waals surface area (Å²) in [5, 5.41) is 6.27. The van der Waals surface area contributed by atoms with Gasteiger partial charge in [0.15, 0.2) is 10.7 Å². The summed E-state index contributed by atoms with van der Waals surface area (Å²) >= 11 is 0. The molecule has 1 aromatic carbocycles. The summed E-state index contributed by atoms with van der Waals surface area (Å²) < 4.78 is 58.6. The molecule has 0 atom stereocenters. The zero-order valence-corrected chi connectivity index (χ0v) is 14.7. The van der Waals surface area contributed by atoms with E-state index in [1.54, 1.807) is 13.0 Å². The highest BCUT2D eigenvalue weighted by molar-refractivity contribution is 7.89. The van der Waals surface area contributed by atoms with Gasteiger partial charge in [0, 0.05) is 25.1 Å². The van der Waals surface area contributed by atoms with Crippen LogP contribution in [0.15, 0.2) is 33.7 Å².